The minimum absolute atomic E-state index is 0.0447. The predicted molar refractivity (Wildman–Crippen MR) is 58.3 cm³/mol. The van der Waals surface area contributed by atoms with E-state index in [4.69, 9.17) is 5.73 Å². The zero-order valence-corrected chi connectivity index (χ0v) is 9.09. The minimum Gasteiger partial charge on any atom is -0.381 e. The lowest BCUT2D eigenvalue weighted by Gasteiger charge is -2.10. The molecule has 1 fully saturated rings. The first-order chi connectivity index (χ1) is 7.52. The van der Waals surface area contributed by atoms with Gasteiger partial charge in [-0.05, 0) is 24.3 Å². The SMILES string of the molecule is CC1(CNC(=O)c2ccnc(N)c2F)CC1. The van der Waals surface area contributed by atoms with E-state index in [1.165, 1.54) is 12.3 Å². The van der Waals surface area contributed by atoms with Gasteiger partial charge in [0, 0.05) is 12.7 Å². The van der Waals surface area contributed by atoms with Crippen LogP contribution in [-0.4, -0.2) is 17.4 Å². The molecule has 1 aliphatic rings. The Morgan fingerprint density at radius 3 is 3.00 bits per heavy atom. The molecule has 0 unspecified atom stereocenters. The molecule has 4 nitrogen and oxygen atoms in total. The maximum absolute atomic E-state index is 13.4. The Morgan fingerprint density at radius 1 is 1.69 bits per heavy atom. The maximum Gasteiger partial charge on any atom is 0.254 e. The maximum atomic E-state index is 13.4. The van der Waals surface area contributed by atoms with Gasteiger partial charge in [0.2, 0.25) is 0 Å². The summed E-state index contributed by atoms with van der Waals surface area (Å²) in [6.07, 6.45) is 3.54. The van der Waals surface area contributed by atoms with Crippen LogP contribution in [0.3, 0.4) is 0 Å². The van der Waals surface area contributed by atoms with Gasteiger partial charge in [-0.2, -0.15) is 0 Å². The second kappa shape index (κ2) is 3.73. The van der Waals surface area contributed by atoms with Crippen molar-refractivity contribution in [2.24, 2.45) is 5.41 Å². The third-order valence-electron chi connectivity index (χ3n) is 2.94. The fraction of sp³-hybridized carbons (Fsp3) is 0.455. The number of nitrogens with one attached hydrogen (secondary N) is 1. The van der Waals surface area contributed by atoms with Gasteiger partial charge in [-0.1, -0.05) is 6.92 Å². The van der Waals surface area contributed by atoms with Crippen LogP contribution in [0.2, 0.25) is 0 Å². The van der Waals surface area contributed by atoms with Crippen molar-refractivity contribution in [2.45, 2.75) is 19.8 Å². The second-order valence-electron chi connectivity index (χ2n) is 4.55. The number of pyridine rings is 1. The van der Waals surface area contributed by atoms with Crippen LogP contribution in [0, 0.1) is 11.2 Å². The smallest absolute Gasteiger partial charge is 0.254 e. The summed E-state index contributed by atoms with van der Waals surface area (Å²) in [6, 6.07) is 1.33. The van der Waals surface area contributed by atoms with Gasteiger partial charge in [0.05, 0.1) is 5.56 Å². The number of aromatic nitrogens is 1. The number of halogens is 1. The number of nitrogens with two attached hydrogens (primary N) is 1. The van der Waals surface area contributed by atoms with E-state index in [0.717, 1.165) is 12.8 Å². The van der Waals surface area contributed by atoms with Crippen molar-refractivity contribution >= 4 is 11.7 Å². The van der Waals surface area contributed by atoms with Gasteiger partial charge in [0.1, 0.15) is 0 Å². The molecule has 1 saturated carbocycles. The summed E-state index contributed by atoms with van der Waals surface area (Å²) >= 11 is 0. The number of hydrogen-bond acceptors (Lipinski definition) is 3. The first kappa shape index (κ1) is 10.9. The molecule has 2 rings (SSSR count). The van der Waals surface area contributed by atoms with Gasteiger partial charge in [-0.15, -0.1) is 0 Å². The molecule has 0 aliphatic heterocycles. The molecule has 86 valence electrons. The molecule has 3 N–H and O–H groups in total. The summed E-state index contributed by atoms with van der Waals surface area (Å²) in [5.74, 6) is -1.43. The van der Waals surface area contributed by atoms with E-state index in [-0.39, 0.29) is 16.8 Å². The van der Waals surface area contributed by atoms with E-state index in [1.807, 2.05) is 0 Å². The van der Waals surface area contributed by atoms with Gasteiger partial charge in [0.15, 0.2) is 11.6 Å². The highest BCUT2D eigenvalue weighted by molar-refractivity contribution is 5.95. The largest absolute Gasteiger partial charge is 0.381 e. The van der Waals surface area contributed by atoms with Crippen molar-refractivity contribution in [1.29, 1.82) is 0 Å². The zero-order chi connectivity index (χ0) is 11.8. The van der Waals surface area contributed by atoms with Gasteiger partial charge in [-0.25, -0.2) is 9.37 Å². The first-order valence-electron chi connectivity index (χ1n) is 5.20. The number of amides is 1. The molecule has 1 aromatic heterocycles. The Labute approximate surface area is 93.1 Å². The second-order valence-corrected chi connectivity index (χ2v) is 4.55. The Kier molecular flexibility index (Phi) is 2.53. The molecule has 0 spiro atoms. The van der Waals surface area contributed by atoms with E-state index in [0.29, 0.717) is 6.54 Å². The lowest BCUT2D eigenvalue weighted by atomic mass is 10.1. The predicted octanol–water partition coefficient (Wildman–Crippen LogP) is 1.33. The molecule has 0 saturated heterocycles. The molecule has 1 amide bonds. The number of hydrogen-bond donors (Lipinski definition) is 2. The van der Waals surface area contributed by atoms with Crippen LogP contribution < -0.4 is 11.1 Å². The van der Waals surface area contributed by atoms with Gasteiger partial charge >= 0.3 is 0 Å². The fourth-order valence-corrected chi connectivity index (χ4v) is 1.41. The van der Waals surface area contributed by atoms with Crippen molar-refractivity contribution < 1.29 is 9.18 Å². The van der Waals surface area contributed by atoms with Crippen LogP contribution in [0.25, 0.3) is 0 Å². The van der Waals surface area contributed by atoms with Crippen LogP contribution in [0.4, 0.5) is 10.2 Å². The van der Waals surface area contributed by atoms with Crippen molar-refractivity contribution in [3.63, 3.8) is 0 Å². The molecule has 0 aromatic carbocycles. The number of carbonyl (C=O) groups excluding carboxylic acids is 1. The molecule has 0 atom stereocenters. The Morgan fingerprint density at radius 2 is 2.38 bits per heavy atom. The molecule has 0 bridgehead atoms. The van der Waals surface area contributed by atoms with Gasteiger partial charge < -0.3 is 11.1 Å². The third kappa shape index (κ3) is 2.13. The van der Waals surface area contributed by atoms with Crippen molar-refractivity contribution in [3.8, 4) is 0 Å². The summed E-state index contributed by atoms with van der Waals surface area (Å²) in [6.45, 7) is 2.66. The van der Waals surface area contributed by atoms with E-state index >= 15 is 0 Å². The molecule has 16 heavy (non-hydrogen) atoms. The molecule has 1 heterocycles. The number of nitrogen functional groups attached to an aromatic ring is 1. The van der Waals surface area contributed by atoms with E-state index in [2.05, 4.69) is 17.2 Å². The van der Waals surface area contributed by atoms with Crippen LogP contribution in [0.5, 0.6) is 0 Å². The fourth-order valence-electron chi connectivity index (χ4n) is 1.41. The quantitative estimate of drug-likeness (QED) is 0.812. The first-order valence-corrected chi connectivity index (χ1v) is 5.20. The standard InChI is InChI=1S/C11H14FN3O/c1-11(3-4-11)6-15-10(16)7-2-5-14-9(13)8(7)12/h2,5H,3-4,6H2,1H3,(H2,13,14)(H,15,16). The summed E-state index contributed by atoms with van der Waals surface area (Å²) in [5.41, 5.74) is 5.44. The number of nitrogens with zero attached hydrogens (tertiary/aromatic N) is 1. The molecular formula is C11H14FN3O. The third-order valence-corrected chi connectivity index (χ3v) is 2.94. The molecular weight excluding hydrogens is 209 g/mol. The normalized spacial score (nSPS) is 16.9. The lowest BCUT2D eigenvalue weighted by Crippen LogP contribution is -2.29. The zero-order valence-electron chi connectivity index (χ0n) is 9.09. The molecule has 1 aliphatic carbocycles. The number of rotatable bonds is 3. The van der Waals surface area contributed by atoms with Crippen LogP contribution in [0.15, 0.2) is 12.3 Å². The summed E-state index contributed by atoms with van der Waals surface area (Å²) < 4.78 is 13.4. The lowest BCUT2D eigenvalue weighted by molar-refractivity contribution is 0.0942. The topological polar surface area (TPSA) is 68.0 Å². The Balaban J connectivity index is 2.05. The molecule has 5 heteroatoms. The van der Waals surface area contributed by atoms with E-state index in [9.17, 15) is 9.18 Å². The molecule has 0 radical (unpaired) electrons. The summed E-state index contributed by atoms with van der Waals surface area (Å²) in [5, 5.41) is 2.71. The highest BCUT2D eigenvalue weighted by Gasteiger charge is 2.37. The van der Waals surface area contributed by atoms with Gasteiger partial charge in [-0.3, -0.25) is 4.79 Å². The van der Waals surface area contributed by atoms with Crippen molar-refractivity contribution in [2.75, 3.05) is 12.3 Å². The average molecular weight is 223 g/mol. The Bertz CT molecular complexity index is 429. The monoisotopic (exact) mass is 223 g/mol. The van der Waals surface area contributed by atoms with Crippen LogP contribution >= 0.6 is 0 Å². The van der Waals surface area contributed by atoms with Crippen molar-refractivity contribution in [1.82, 2.24) is 10.3 Å². The highest BCUT2D eigenvalue weighted by atomic mass is 19.1. The van der Waals surface area contributed by atoms with Crippen LogP contribution in [-0.2, 0) is 0 Å². The summed E-state index contributed by atoms with van der Waals surface area (Å²) in [4.78, 5) is 15.2. The van der Waals surface area contributed by atoms with Gasteiger partial charge in [0.25, 0.3) is 5.91 Å². The highest BCUT2D eigenvalue weighted by Crippen LogP contribution is 2.44. The Hall–Kier alpha value is -1.65. The molecule has 1 aromatic rings. The minimum atomic E-state index is -0.749. The van der Waals surface area contributed by atoms with E-state index in [1.54, 1.807) is 0 Å². The number of carbonyl (C=O) groups is 1. The summed E-state index contributed by atoms with van der Waals surface area (Å²) in [7, 11) is 0. The average Bonchev–Trinajstić information content (AvgIpc) is 2.98. The van der Waals surface area contributed by atoms with Crippen LogP contribution in [0.1, 0.15) is 30.1 Å². The van der Waals surface area contributed by atoms with E-state index < -0.39 is 11.7 Å². The number of anilines is 1. The van der Waals surface area contributed by atoms with Crippen molar-refractivity contribution in [3.05, 3.63) is 23.6 Å².